The van der Waals surface area contributed by atoms with Crippen molar-refractivity contribution in [1.29, 1.82) is 0 Å². The summed E-state index contributed by atoms with van der Waals surface area (Å²) < 4.78 is 5.06. The third-order valence-corrected chi connectivity index (χ3v) is 5.60. The molecule has 8 heteroatoms. The number of halogens is 2. The molecule has 2 fully saturated rings. The Kier molecular flexibility index (Phi) is 6.65. The highest BCUT2D eigenvalue weighted by Crippen LogP contribution is 2.33. The van der Waals surface area contributed by atoms with Crippen LogP contribution in [0.15, 0.2) is 41.0 Å². The number of furan rings is 1. The van der Waals surface area contributed by atoms with Gasteiger partial charge < -0.3 is 20.4 Å². The number of amides is 2. The number of carbonyl (C=O) groups excluding carboxylic acids is 2. The molecular weight excluding hydrogens is 401 g/mol. The predicted octanol–water partition coefficient (Wildman–Crippen LogP) is 4.47. The van der Waals surface area contributed by atoms with Gasteiger partial charge in [-0.2, -0.15) is 0 Å². The molecule has 0 radical (unpaired) electrons. The highest BCUT2D eigenvalue weighted by atomic mass is 35.5. The van der Waals surface area contributed by atoms with E-state index in [0.29, 0.717) is 40.8 Å². The van der Waals surface area contributed by atoms with Crippen molar-refractivity contribution >= 4 is 47.2 Å². The van der Waals surface area contributed by atoms with E-state index in [2.05, 4.69) is 16.0 Å². The standard InChI is InChI=1S/C20H22ClN3O3.ClH/c21-16-11-15(5-6-17(16)24-20(26)18-2-1-7-27-18)23-19(25)10-12-8-13-3-4-14(9-12)22-13;/h1-2,5-7,11-14,22H,3-4,8-10H2,(H,23,25)(H,24,26);1H. The van der Waals surface area contributed by atoms with Crippen LogP contribution in [0.5, 0.6) is 0 Å². The minimum absolute atomic E-state index is 0. The van der Waals surface area contributed by atoms with E-state index in [1.807, 2.05) is 0 Å². The number of anilines is 2. The van der Waals surface area contributed by atoms with Gasteiger partial charge in [0.2, 0.25) is 5.91 Å². The van der Waals surface area contributed by atoms with Gasteiger partial charge in [0.05, 0.1) is 17.0 Å². The van der Waals surface area contributed by atoms with Crippen LogP contribution in [0.3, 0.4) is 0 Å². The average Bonchev–Trinajstić information content (AvgIpc) is 3.27. The third kappa shape index (κ3) is 4.87. The van der Waals surface area contributed by atoms with Crippen molar-refractivity contribution in [2.75, 3.05) is 10.6 Å². The lowest BCUT2D eigenvalue weighted by Gasteiger charge is -2.28. The molecule has 2 atom stereocenters. The maximum Gasteiger partial charge on any atom is 0.291 e. The van der Waals surface area contributed by atoms with Crippen molar-refractivity contribution < 1.29 is 14.0 Å². The molecule has 0 spiro atoms. The Morgan fingerprint density at radius 1 is 1.14 bits per heavy atom. The molecule has 2 amide bonds. The normalized spacial score (nSPS) is 23.0. The fourth-order valence-corrected chi connectivity index (χ4v) is 4.33. The molecule has 6 nitrogen and oxygen atoms in total. The molecule has 2 bridgehead atoms. The highest BCUT2D eigenvalue weighted by molar-refractivity contribution is 6.34. The second kappa shape index (κ2) is 8.99. The van der Waals surface area contributed by atoms with Crippen LogP contribution >= 0.6 is 24.0 Å². The van der Waals surface area contributed by atoms with Gasteiger partial charge in [-0.1, -0.05) is 11.6 Å². The molecule has 1 aromatic heterocycles. The molecule has 0 saturated carbocycles. The topological polar surface area (TPSA) is 83.4 Å². The summed E-state index contributed by atoms with van der Waals surface area (Å²) >= 11 is 6.25. The zero-order valence-electron chi connectivity index (χ0n) is 15.2. The van der Waals surface area contributed by atoms with E-state index in [1.54, 1.807) is 30.3 Å². The first-order chi connectivity index (χ1) is 13.1. The number of fused-ring (bicyclic) bond motifs is 2. The first kappa shape index (κ1) is 20.7. The number of hydrogen-bond acceptors (Lipinski definition) is 4. The Morgan fingerprint density at radius 2 is 1.89 bits per heavy atom. The van der Waals surface area contributed by atoms with Crippen LogP contribution in [0.25, 0.3) is 0 Å². The van der Waals surface area contributed by atoms with E-state index in [1.165, 1.54) is 19.1 Å². The van der Waals surface area contributed by atoms with Crippen molar-refractivity contribution in [2.24, 2.45) is 5.92 Å². The number of nitrogens with one attached hydrogen (secondary N) is 3. The van der Waals surface area contributed by atoms with E-state index in [4.69, 9.17) is 16.0 Å². The minimum atomic E-state index is -0.376. The van der Waals surface area contributed by atoms with Crippen molar-refractivity contribution in [3.63, 3.8) is 0 Å². The summed E-state index contributed by atoms with van der Waals surface area (Å²) in [5, 5.41) is 9.55. The van der Waals surface area contributed by atoms with Gasteiger partial charge in [0.15, 0.2) is 5.76 Å². The molecule has 2 aliphatic rings. The molecule has 2 saturated heterocycles. The predicted molar refractivity (Wildman–Crippen MR) is 111 cm³/mol. The molecule has 3 heterocycles. The van der Waals surface area contributed by atoms with Crippen LogP contribution in [-0.2, 0) is 4.79 Å². The van der Waals surface area contributed by atoms with Gasteiger partial charge in [-0.05, 0) is 61.9 Å². The van der Waals surface area contributed by atoms with Crippen LogP contribution in [0.4, 0.5) is 11.4 Å². The minimum Gasteiger partial charge on any atom is -0.459 e. The molecular formula is C20H23Cl2N3O3. The van der Waals surface area contributed by atoms with Crippen LogP contribution in [0, 0.1) is 5.92 Å². The fraction of sp³-hybridized carbons (Fsp3) is 0.400. The van der Waals surface area contributed by atoms with Gasteiger partial charge in [0.1, 0.15) is 0 Å². The third-order valence-electron chi connectivity index (χ3n) is 5.29. The molecule has 28 heavy (non-hydrogen) atoms. The Labute approximate surface area is 174 Å². The quantitative estimate of drug-likeness (QED) is 0.662. The van der Waals surface area contributed by atoms with E-state index in [0.717, 1.165) is 12.8 Å². The maximum atomic E-state index is 12.4. The number of benzene rings is 1. The summed E-state index contributed by atoms with van der Waals surface area (Å²) in [5.41, 5.74) is 1.09. The van der Waals surface area contributed by atoms with Gasteiger partial charge in [0.25, 0.3) is 5.91 Å². The van der Waals surface area contributed by atoms with Crippen molar-refractivity contribution in [2.45, 2.75) is 44.2 Å². The SMILES string of the molecule is Cl.O=C(CC1CC2CCC(C1)N2)Nc1ccc(NC(=O)c2ccco2)c(Cl)c1. The Morgan fingerprint density at radius 3 is 2.54 bits per heavy atom. The molecule has 1 aromatic carbocycles. The van der Waals surface area contributed by atoms with Gasteiger partial charge in [0, 0.05) is 24.2 Å². The Balaban J connectivity index is 0.00000225. The summed E-state index contributed by atoms with van der Waals surface area (Å²) in [6.07, 6.45) is 6.56. The Bertz CT molecular complexity index is 829. The maximum absolute atomic E-state index is 12.4. The summed E-state index contributed by atoms with van der Waals surface area (Å²) in [5.74, 6) is 0.273. The van der Waals surface area contributed by atoms with Crippen molar-refractivity contribution in [3.05, 3.63) is 47.4 Å². The van der Waals surface area contributed by atoms with Crippen LogP contribution in [-0.4, -0.2) is 23.9 Å². The second-order valence-corrected chi connectivity index (χ2v) is 7.76. The fourth-order valence-electron chi connectivity index (χ4n) is 4.10. The van der Waals surface area contributed by atoms with Crippen LogP contribution in [0.1, 0.15) is 42.7 Å². The zero-order chi connectivity index (χ0) is 18.8. The van der Waals surface area contributed by atoms with Crippen LogP contribution in [0.2, 0.25) is 5.02 Å². The zero-order valence-corrected chi connectivity index (χ0v) is 16.8. The van der Waals surface area contributed by atoms with Gasteiger partial charge in [-0.3, -0.25) is 9.59 Å². The molecule has 3 N–H and O–H groups in total. The first-order valence-electron chi connectivity index (χ1n) is 9.27. The molecule has 2 unspecified atom stereocenters. The summed E-state index contributed by atoms with van der Waals surface area (Å²) in [4.78, 5) is 24.4. The molecule has 2 aromatic rings. The van der Waals surface area contributed by atoms with E-state index < -0.39 is 0 Å². The van der Waals surface area contributed by atoms with Gasteiger partial charge >= 0.3 is 0 Å². The number of carbonyl (C=O) groups is 2. The smallest absolute Gasteiger partial charge is 0.291 e. The lowest BCUT2D eigenvalue weighted by atomic mass is 9.89. The Hall–Kier alpha value is -2.02. The van der Waals surface area contributed by atoms with Crippen molar-refractivity contribution in [3.8, 4) is 0 Å². The molecule has 2 aliphatic heterocycles. The number of piperidine rings is 1. The first-order valence-corrected chi connectivity index (χ1v) is 9.65. The second-order valence-electron chi connectivity index (χ2n) is 7.35. The molecule has 0 aliphatic carbocycles. The molecule has 150 valence electrons. The van der Waals surface area contributed by atoms with E-state index in [9.17, 15) is 9.59 Å². The van der Waals surface area contributed by atoms with Gasteiger partial charge in [-0.15, -0.1) is 12.4 Å². The van der Waals surface area contributed by atoms with Gasteiger partial charge in [-0.25, -0.2) is 0 Å². The summed E-state index contributed by atoms with van der Waals surface area (Å²) in [6.45, 7) is 0. The molecule has 4 rings (SSSR count). The summed E-state index contributed by atoms with van der Waals surface area (Å²) in [7, 11) is 0. The lowest BCUT2D eigenvalue weighted by molar-refractivity contribution is -0.117. The number of hydrogen-bond donors (Lipinski definition) is 3. The van der Waals surface area contributed by atoms with Crippen molar-refractivity contribution in [1.82, 2.24) is 5.32 Å². The lowest BCUT2D eigenvalue weighted by Crippen LogP contribution is -2.39. The monoisotopic (exact) mass is 423 g/mol. The largest absolute Gasteiger partial charge is 0.459 e. The van der Waals surface area contributed by atoms with Crippen LogP contribution < -0.4 is 16.0 Å². The average molecular weight is 424 g/mol. The number of rotatable bonds is 5. The highest BCUT2D eigenvalue weighted by Gasteiger charge is 2.34. The van der Waals surface area contributed by atoms with E-state index >= 15 is 0 Å². The van der Waals surface area contributed by atoms with E-state index in [-0.39, 0.29) is 30.0 Å². The summed E-state index contributed by atoms with van der Waals surface area (Å²) in [6, 6.07) is 9.41.